The van der Waals surface area contributed by atoms with Gasteiger partial charge in [-0.1, -0.05) is 36.9 Å². The number of hydrogen-bond acceptors (Lipinski definition) is 6. The van der Waals surface area contributed by atoms with E-state index in [1.165, 1.54) is 23.1 Å². The van der Waals surface area contributed by atoms with Gasteiger partial charge in [-0.05, 0) is 49.3 Å². The topological polar surface area (TPSA) is 75.5 Å². The average Bonchev–Trinajstić information content (AvgIpc) is 3.21. The van der Waals surface area contributed by atoms with Crippen LogP contribution in [0, 0.1) is 12.8 Å². The first kappa shape index (κ1) is 24.1. The van der Waals surface area contributed by atoms with Crippen molar-refractivity contribution in [1.82, 2.24) is 19.4 Å². The van der Waals surface area contributed by atoms with E-state index in [-0.39, 0.29) is 23.1 Å². The van der Waals surface area contributed by atoms with Crippen molar-refractivity contribution in [1.29, 1.82) is 0 Å². The number of benzene rings is 1. The molecule has 0 saturated carbocycles. The van der Waals surface area contributed by atoms with E-state index in [9.17, 15) is 14.4 Å². The maximum atomic E-state index is 14.0. The number of hydrogen-bond donors (Lipinski definition) is 0. The zero-order valence-corrected chi connectivity index (χ0v) is 22.0. The number of aromatic nitrogens is 2. The van der Waals surface area contributed by atoms with E-state index in [1.54, 1.807) is 11.5 Å². The van der Waals surface area contributed by atoms with Crippen LogP contribution < -0.4 is 5.56 Å². The number of piperidine rings is 1. The molecular weight excluding hydrogens is 480 g/mol. The molecule has 4 heterocycles. The molecule has 1 aromatic carbocycles. The van der Waals surface area contributed by atoms with Gasteiger partial charge in [0.25, 0.3) is 5.56 Å². The number of thiophene rings is 1. The monoisotopic (exact) mass is 510 g/mol. The fourth-order valence-electron chi connectivity index (χ4n) is 5.05. The minimum absolute atomic E-state index is 0.0418. The van der Waals surface area contributed by atoms with Crippen molar-refractivity contribution in [2.24, 2.45) is 5.92 Å². The Morgan fingerprint density at radius 1 is 1.20 bits per heavy atom. The van der Waals surface area contributed by atoms with E-state index < -0.39 is 0 Å². The molecule has 1 fully saturated rings. The lowest BCUT2D eigenvalue weighted by Gasteiger charge is -2.30. The fraction of sp³-hybridized carbons (Fsp3) is 0.462. The molecule has 2 aromatic heterocycles. The number of fused-ring (bicyclic) bond motifs is 3. The van der Waals surface area contributed by atoms with Gasteiger partial charge in [-0.3, -0.25) is 19.0 Å². The van der Waals surface area contributed by atoms with Crippen molar-refractivity contribution < 1.29 is 9.59 Å². The SMILES string of the molecule is CC(=O)N1CCc2c(sc3nc(SCC(=O)N4CCC[C@@H](C)C4)n(-c4ccccc4C)c(=O)c23)C1. The van der Waals surface area contributed by atoms with Crippen LogP contribution in [-0.2, 0) is 22.6 Å². The van der Waals surface area contributed by atoms with Crippen LogP contribution >= 0.6 is 23.1 Å². The van der Waals surface area contributed by atoms with Gasteiger partial charge in [0.2, 0.25) is 11.8 Å². The highest BCUT2D eigenvalue weighted by Gasteiger charge is 2.27. The summed E-state index contributed by atoms with van der Waals surface area (Å²) in [6, 6.07) is 7.78. The number of carbonyl (C=O) groups is 2. The van der Waals surface area contributed by atoms with Gasteiger partial charge >= 0.3 is 0 Å². The number of thioether (sulfide) groups is 1. The van der Waals surface area contributed by atoms with Crippen LogP contribution in [0.1, 0.15) is 42.7 Å². The molecule has 2 aliphatic heterocycles. The molecule has 0 N–H and O–H groups in total. The van der Waals surface area contributed by atoms with Gasteiger partial charge in [0.05, 0.1) is 23.4 Å². The van der Waals surface area contributed by atoms with Gasteiger partial charge in [0, 0.05) is 31.4 Å². The molecule has 0 bridgehead atoms. The van der Waals surface area contributed by atoms with E-state index in [0.717, 1.165) is 47.6 Å². The highest BCUT2D eigenvalue weighted by atomic mass is 32.2. The number of rotatable bonds is 4. The first-order valence-corrected chi connectivity index (χ1v) is 13.9. The first-order chi connectivity index (χ1) is 16.8. The molecule has 9 heteroatoms. The number of amides is 2. The van der Waals surface area contributed by atoms with E-state index >= 15 is 0 Å². The molecule has 2 aliphatic rings. The molecule has 1 saturated heterocycles. The van der Waals surface area contributed by atoms with Crippen LogP contribution in [0.4, 0.5) is 0 Å². The van der Waals surface area contributed by atoms with E-state index in [1.807, 2.05) is 41.0 Å². The lowest BCUT2D eigenvalue weighted by molar-refractivity contribution is -0.130. The van der Waals surface area contributed by atoms with Gasteiger partial charge in [0.15, 0.2) is 5.16 Å². The third-order valence-corrected chi connectivity index (χ3v) is 9.01. The van der Waals surface area contributed by atoms with Gasteiger partial charge in [-0.15, -0.1) is 11.3 Å². The van der Waals surface area contributed by atoms with Crippen molar-refractivity contribution in [3.63, 3.8) is 0 Å². The molecule has 2 amide bonds. The number of para-hydroxylation sites is 1. The van der Waals surface area contributed by atoms with Gasteiger partial charge in [-0.2, -0.15) is 0 Å². The second-order valence-electron chi connectivity index (χ2n) is 9.57. The molecule has 3 aromatic rings. The molecule has 1 atom stereocenters. The van der Waals surface area contributed by atoms with E-state index in [2.05, 4.69) is 6.92 Å². The third-order valence-electron chi connectivity index (χ3n) is 6.98. The summed E-state index contributed by atoms with van der Waals surface area (Å²) in [7, 11) is 0. The van der Waals surface area contributed by atoms with Gasteiger partial charge in [-0.25, -0.2) is 4.98 Å². The Morgan fingerprint density at radius 2 is 2.00 bits per heavy atom. The quantitative estimate of drug-likeness (QED) is 0.392. The van der Waals surface area contributed by atoms with Gasteiger partial charge < -0.3 is 9.80 Å². The fourth-order valence-corrected chi connectivity index (χ4v) is 7.23. The highest BCUT2D eigenvalue weighted by molar-refractivity contribution is 7.99. The normalized spacial score (nSPS) is 18.1. The summed E-state index contributed by atoms with van der Waals surface area (Å²) in [5, 5.41) is 1.19. The number of likely N-dealkylation sites (tertiary alicyclic amines) is 1. The Morgan fingerprint density at radius 3 is 2.74 bits per heavy atom. The Balaban J connectivity index is 1.56. The Hall–Kier alpha value is -2.65. The second kappa shape index (κ2) is 9.78. The van der Waals surface area contributed by atoms with Crippen molar-refractivity contribution >= 4 is 45.1 Å². The molecule has 5 rings (SSSR count). The first-order valence-electron chi connectivity index (χ1n) is 12.1. The smallest absolute Gasteiger partial charge is 0.267 e. The lowest BCUT2D eigenvalue weighted by Crippen LogP contribution is -2.40. The largest absolute Gasteiger partial charge is 0.342 e. The second-order valence-corrected chi connectivity index (χ2v) is 11.6. The van der Waals surface area contributed by atoms with Crippen LogP contribution in [-0.4, -0.2) is 56.6 Å². The maximum absolute atomic E-state index is 14.0. The summed E-state index contributed by atoms with van der Waals surface area (Å²) in [5.74, 6) is 0.902. The average molecular weight is 511 g/mol. The number of carbonyl (C=O) groups excluding carboxylic acids is 2. The summed E-state index contributed by atoms with van der Waals surface area (Å²) in [5.41, 5.74) is 2.67. The van der Waals surface area contributed by atoms with E-state index in [4.69, 9.17) is 4.98 Å². The summed E-state index contributed by atoms with van der Waals surface area (Å²) in [4.78, 5) is 49.3. The number of aryl methyl sites for hydroxylation is 1. The molecular formula is C26H30N4O3S2. The summed E-state index contributed by atoms with van der Waals surface area (Å²) >= 11 is 2.83. The molecule has 0 aliphatic carbocycles. The molecule has 35 heavy (non-hydrogen) atoms. The number of nitrogens with zero attached hydrogens (tertiary/aromatic N) is 4. The summed E-state index contributed by atoms with van der Waals surface area (Å²) in [6.45, 7) is 8.46. The third kappa shape index (κ3) is 4.63. The van der Waals surface area contributed by atoms with Crippen LogP contribution in [0.3, 0.4) is 0 Å². The summed E-state index contributed by atoms with van der Waals surface area (Å²) < 4.78 is 1.68. The standard InChI is InChI=1S/C26H30N4O3S2/c1-16-7-6-11-29(13-16)22(32)15-34-26-27-24-23(19-10-12-28(18(3)31)14-21(19)35-24)25(33)30(26)20-9-5-4-8-17(20)2/h4-5,8-9,16H,6-7,10-15H2,1-3H3/t16-/m1/s1. The van der Waals surface area contributed by atoms with Crippen molar-refractivity contribution in [3.8, 4) is 5.69 Å². The van der Waals surface area contributed by atoms with Crippen molar-refractivity contribution in [2.75, 3.05) is 25.4 Å². The molecule has 0 radical (unpaired) electrons. The van der Waals surface area contributed by atoms with Crippen molar-refractivity contribution in [2.45, 2.75) is 51.7 Å². The maximum Gasteiger partial charge on any atom is 0.267 e. The Kier molecular flexibility index (Phi) is 6.72. The molecule has 0 spiro atoms. The highest BCUT2D eigenvalue weighted by Crippen LogP contribution is 2.34. The minimum atomic E-state index is -0.0976. The zero-order valence-electron chi connectivity index (χ0n) is 20.4. The van der Waals surface area contributed by atoms with Crippen molar-refractivity contribution in [3.05, 3.63) is 50.6 Å². The predicted molar refractivity (Wildman–Crippen MR) is 140 cm³/mol. The predicted octanol–water partition coefficient (Wildman–Crippen LogP) is 4.01. The molecule has 7 nitrogen and oxygen atoms in total. The molecule has 0 unspecified atom stereocenters. The zero-order chi connectivity index (χ0) is 24.7. The lowest BCUT2D eigenvalue weighted by atomic mass is 10.0. The minimum Gasteiger partial charge on any atom is -0.342 e. The van der Waals surface area contributed by atoms with E-state index in [0.29, 0.717) is 40.8 Å². The van der Waals surface area contributed by atoms with Gasteiger partial charge in [0.1, 0.15) is 4.83 Å². The van der Waals surface area contributed by atoms with Crippen LogP contribution in [0.25, 0.3) is 15.9 Å². The Bertz CT molecular complexity index is 1360. The van der Waals surface area contributed by atoms with Crippen LogP contribution in [0.5, 0.6) is 0 Å². The summed E-state index contributed by atoms with van der Waals surface area (Å²) in [6.07, 6.45) is 2.84. The van der Waals surface area contributed by atoms with Crippen LogP contribution in [0.15, 0.2) is 34.2 Å². The van der Waals surface area contributed by atoms with Crippen LogP contribution in [0.2, 0.25) is 0 Å². The Labute approximate surface area is 213 Å². The molecule has 184 valence electrons.